The van der Waals surface area contributed by atoms with Crippen LogP contribution in [0.3, 0.4) is 0 Å². The smallest absolute Gasteiger partial charge is 0.399 e. The molecule has 0 saturated carbocycles. The van der Waals surface area contributed by atoms with Crippen molar-refractivity contribution < 1.29 is 26.3 Å². The number of nitrogen functional groups attached to an aromatic ring is 14. The SMILES string of the molecule is CCc1cc(CC)c(N)c(C)c1N.CCc1cc(CC)c(N)c(CC)c1N.Cc1cc(C)c(N)c(C)c1N.Nc1ccc(-c2ccc(N)c3ccccc23)c2ccccc12.Nc1ccc(-c2ccc(N)cc2C(F)(F)F)c(C(F)(F)F)c1.Nc1ccc(C2(c3ccc(N)cc3)c3ccccc3-c3ccccc32)cc1.Nc1cccc2c(N)cccc12. The average Bonchev–Trinajstić information content (AvgIpc) is 1.54. The Kier molecular flexibility index (Phi) is 28.1. The van der Waals surface area contributed by atoms with Crippen LogP contribution in [0.2, 0.25) is 0 Å². The number of hydrogen-bond acceptors (Lipinski definition) is 14. The Morgan fingerprint density at radius 1 is 0.248 bits per heavy atom. The molecule has 1 aliphatic rings. The fourth-order valence-electron chi connectivity index (χ4n) is 15.7. The van der Waals surface area contributed by atoms with Crippen LogP contribution in [0.25, 0.3) is 65.7 Å². The first kappa shape index (κ1) is 89.2. The highest BCUT2D eigenvalue weighted by Crippen LogP contribution is 2.56. The minimum Gasteiger partial charge on any atom is -0.399 e. The summed E-state index contributed by atoms with van der Waals surface area (Å²) < 4.78 is 78.4. The fraction of sp³-hybridized carbons (Fsp3) is 0.168. The van der Waals surface area contributed by atoms with E-state index < -0.39 is 34.6 Å². The lowest BCUT2D eigenvalue weighted by molar-refractivity contribution is -0.139. The van der Waals surface area contributed by atoms with Gasteiger partial charge in [0.2, 0.25) is 0 Å². The third-order valence-electron chi connectivity index (χ3n) is 22.3. The molecule has 0 atom stereocenters. The van der Waals surface area contributed by atoms with E-state index in [0.29, 0.717) is 12.1 Å². The Hall–Kier alpha value is -14.1. The summed E-state index contributed by atoms with van der Waals surface area (Å²) in [5.74, 6) is 0. The Balaban J connectivity index is 0.000000152. The Morgan fingerprint density at radius 3 is 0.884 bits per heavy atom. The molecule has 0 unspecified atom stereocenters. The van der Waals surface area contributed by atoms with Gasteiger partial charge < -0.3 is 80.3 Å². The molecule has 20 heteroatoms. The zero-order valence-corrected chi connectivity index (χ0v) is 69.7. The molecule has 0 saturated heterocycles. The van der Waals surface area contributed by atoms with Gasteiger partial charge in [0, 0.05) is 101 Å². The number of alkyl halides is 6. The zero-order valence-electron chi connectivity index (χ0n) is 69.7. The van der Waals surface area contributed by atoms with E-state index in [1.165, 1.54) is 66.8 Å². The molecular weight excluding hydrogens is 1520 g/mol. The molecule has 0 aliphatic heterocycles. The lowest BCUT2D eigenvalue weighted by Crippen LogP contribution is -2.28. The predicted octanol–water partition coefficient (Wildman–Crippen LogP) is 23.2. The second-order valence-electron chi connectivity index (χ2n) is 29.9. The number of hydrogen-bond donors (Lipinski definition) is 14. The molecule has 0 radical (unpaired) electrons. The predicted molar refractivity (Wildman–Crippen MR) is 503 cm³/mol. The average molecular weight is 1630 g/mol. The van der Waals surface area contributed by atoms with Crippen LogP contribution < -0.4 is 80.3 Å². The van der Waals surface area contributed by atoms with Gasteiger partial charge in [-0.2, -0.15) is 26.3 Å². The molecule has 28 N–H and O–H groups in total. The highest BCUT2D eigenvalue weighted by molar-refractivity contribution is 6.10. The lowest BCUT2D eigenvalue weighted by Gasteiger charge is -2.34. The molecule has 0 heterocycles. The van der Waals surface area contributed by atoms with Gasteiger partial charge in [0.05, 0.1) is 16.5 Å². The molecule has 0 aromatic heterocycles. The summed E-state index contributed by atoms with van der Waals surface area (Å²) in [7, 11) is 0. The summed E-state index contributed by atoms with van der Waals surface area (Å²) in [4.78, 5) is 0. The third-order valence-corrected chi connectivity index (χ3v) is 22.3. The summed E-state index contributed by atoms with van der Waals surface area (Å²) in [5, 5.41) is 6.55. The monoisotopic (exact) mass is 1630 g/mol. The van der Waals surface area contributed by atoms with Crippen LogP contribution in [0.1, 0.15) is 118 Å². The quantitative estimate of drug-likeness (QED) is 0.0472. The Bertz CT molecular complexity index is 5860. The Morgan fingerprint density at radius 2 is 0.537 bits per heavy atom. The van der Waals surface area contributed by atoms with Gasteiger partial charge in [0.1, 0.15) is 0 Å². The van der Waals surface area contributed by atoms with Crippen molar-refractivity contribution in [2.75, 3.05) is 80.3 Å². The van der Waals surface area contributed by atoms with Gasteiger partial charge in [-0.25, -0.2) is 0 Å². The molecule has 121 heavy (non-hydrogen) atoms. The van der Waals surface area contributed by atoms with Gasteiger partial charge >= 0.3 is 12.4 Å². The van der Waals surface area contributed by atoms with Crippen LogP contribution in [0.15, 0.2) is 261 Å². The van der Waals surface area contributed by atoms with Crippen molar-refractivity contribution in [2.45, 2.75) is 112 Å². The van der Waals surface area contributed by atoms with E-state index in [4.69, 9.17) is 80.3 Å². The van der Waals surface area contributed by atoms with Crippen LogP contribution >= 0.6 is 0 Å². The number of halogens is 6. The van der Waals surface area contributed by atoms with Gasteiger partial charge in [-0.3, -0.25) is 0 Å². The lowest BCUT2D eigenvalue weighted by atomic mass is 9.67. The molecule has 624 valence electrons. The highest BCUT2D eigenvalue weighted by Gasteiger charge is 2.46. The van der Waals surface area contributed by atoms with E-state index >= 15 is 0 Å². The standard InChI is InChI=1S/C25H20N2.C20H16N2.C14H10F6N2.C12H20N2.C11H18N2.C10H10N2.C9H14N2/c26-19-13-9-17(10-14-19)25(18-11-15-20(27)16-12-18)23-7-3-1-5-21(23)22-6-2-4-8-24(22)25;21-19-11-9-15(13-5-1-3-7-17(13)19)16-10-12-20(22)18-8-4-2-6-14(16)18;15-13(16,17)11-5-7(21)1-3-9(11)10-4-2-8(22)6-12(10)14(18,19)20;1-4-8-7-9(5-2)12(14)10(6-3)11(8)13;1-4-8-6-9(5-2)11(13)7(3)10(8)12;11-9-5-1-3-7-8(9)4-2-6-10(7)12;1-5-4-6(2)9(11)7(3)8(5)10/h1-16H,26-27H2;1-12H,21-22H2;1-6H,21-22H2;7H,4-6,13-14H2,1-3H3;6H,4-5,12-13H2,1-3H3;1-6H,11-12H2;4H,10-11H2,1-3H3. The first-order chi connectivity index (χ1) is 57.5. The number of rotatable bonds is 9. The van der Waals surface area contributed by atoms with Gasteiger partial charge in [-0.15, -0.1) is 0 Å². The third kappa shape index (κ3) is 19.2. The first-order valence-corrected chi connectivity index (χ1v) is 39.9. The molecular formula is C101H108F6N14. The van der Waals surface area contributed by atoms with Gasteiger partial charge in [0.25, 0.3) is 0 Å². The molecule has 16 rings (SSSR count). The molecule has 1 aliphatic carbocycles. The number of nitrogens with two attached hydrogens (primary N) is 14. The van der Waals surface area contributed by atoms with Gasteiger partial charge in [-0.05, 0) is 249 Å². The first-order valence-electron chi connectivity index (χ1n) is 39.9. The molecule has 0 bridgehead atoms. The highest BCUT2D eigenvalue weighted by atomic mass is 19.4. The number of aryl methyl sites for hydroxylation is 6. The van der Waals surface area contributed by atoms with Crippen LogP contribution in [-0.4, -0.2) is 0 Å². The topological polar surface area (TPSA) is 364 Å². The molecule has 0 spiro atoms. The maximum atomic E-state index is 13.1. The summed E-state index contributed by atoms with van der Waals surface area (Å²) >= 11 is 0. The molecule has 0 amide bonds. The van der Waals surface area contributed by atoms with Crippen molar-refractivity contribution in [2.24, 2.45) is 0 Å². The summed E-state index contributed by atoms with van der Waals surface area (Å²) in [5.41, 5.74) is 107. The van der Waals surface area contributed by atoms with Crippen LogP contribution in [-0.2, 0) is 49.9 Å². The molecule has 0 fully saturated rings. The molecule has 14 nitrogen and oxygen atoms in total. The zero-order chi connectivity index (χ0) is 88.1. The largest absolute Gasteiger partial charge is 0.417 e. The van der Waals surface area contributed by atoms with E-state index in [2.05, 4.69) is 156 Å². The maximum Gasteiger partial charge on any atom is 0.417 e. The van der Waals surface area contributed by atoms with Crippen molar-refractivity contribution in [3.8, 4) is 33.4 Å². The van der Waals surface area contributed by atoms with E-state index in [-0.39, 0.29) is 16.8 Å². The van der Waals surface area contributed by atoms with E-state index in [1.807, 2.05) is 131 Å². The minimum absolute atomic E-state index is 0.194. The molecule has 15 aromatic rings. The van der Waals surface area contributed by atoms with Crippen molar-refractivity contribution >= 4 is 112 Å². The van der Waals surface area contributed by atoms with Crippen LogP contribution in [0.5, 0.6) is 0 Å². The van der Waals surface area contributed by atoms with E-state index in [0.717, 1.165) is 185 Å². The second kappa shape index (κ2) is 38.1. The van der Waals surface area contributed by atoms with Gasteiger partial charge in [0.15, 0.2) is 0 Å². The summed E-state index contributed by atoms with van der Waals surface area (Å²) in [6.45, 7) is 18.5. The van der Waals surface area contributed by atoms with E-state index in [9.17, 15) is 26.3 Å². The number of fused-ring (bicyclic) bond motifs is 6. The number of anilines is 14. The summed E-state index contributed by atoms with van der Waals surface area (Å²) in [6, 6.07) is 81.6. The van der Waals surface area contributed by atoms with E-state index in [1.54, 1.807) is 0 Å². The normalized spacial score (nSPS) is 11.6. The minimum atomic E-state index is -4.84. The maximum absolute atomic E-state index is 13.1. The van der Waals surface area contributed by atoms with Crippen molar-refractivity contribution in [3.05, 3.63) is 344 Å². The van der Waals surface area contributed by atoms with Crippen LogP contribution in [0.4, 0.5) is 106 Å². The second-order valence-corrected chi connectivity index (χ2v) is 29.9. The summed E-state index contributed by atoms with van der Waals surface area (Å²) in [6.07, 6.45) is -4.86. The van der Waals surface area contributed by atoms with Gasteiger partial charge in [-0.1, -0.05) is 223 Å². The number of benzene rings is 15. The molecule has 15 aromatic carbocycles. The van der Waals surface area contributed by atoms with Crippen molar-refractivity contribution in [1.29, 1.82) is 0 Å². The van der Waals surface area contributed by atoms with Crippen molar-refractivity contribution in [1.82, 2.24) is 0 Å². The van der Waals surface area contributed by atoms with Crippen molar-refractivity contribution in [3.63, 3.8) is 0 Å². The van der Waals surface area contributed by atoms with Crippen LogP contribution in [0, 0.1) is 27.7 Å². The fourth-order valence-corrected chi connectivity index (χ4v) is 15.7. The Labute approximate surface area is 704 Å².